The van der Waals surface area contributed by atoms with E-state index in [1.54, 1.807) is 24.3 Å². The Kier molecular flexibility index (Phi) is 6.92. The zero-order chi connectivity index (χ0) is 23.2. The van der Waals surface area contributed by atoms with Crippen LogP contribution in [0.1, 0.15) is 38.3 Å². The van der Waals surface area contributed by atoms with Crippen LogP contribution in [0.15, 0.2) is 84.9 Å². The number of fused-ring (bicyclic) bond motifs is 1. The lowest BCUT2D eigenvalue weighted by Gasteiger charge is -2.25. The number of rotatable bonds is 9. The summed E-state index contributed by atoms with van der Waals surface area (Å²) in [6.45, 7) is 0.234. The molecule has 168 valence electrons. The smallest absolute Gasteiger partial charge is 0.275 e. The fourth-order valence-electron chi connectivity index (χ4n) is 3.65. The molecule has 1 heterocycles. The Balaban J connectivity index is 1.41. The maximum atomic E-state index is 13.0. The van der Waals surface area contributed by atoms with Crippen molar-refractivity contribution in [3.8, 4) is 0 Å². The molecule has 1 aliphatic heterocycles. The molecule has 0 aliphatic carbocycles. The van der Waals surface area contributed by atoms with Crippen molar-refractivity contribution in [2.45, 2.75) is 25.7 Å². The summed E-state index contributed by atoms with van der Waals surface area (Å²) in [5, 5.41) is 11.7. The van der Waals surface area contributed by atoms with Gasteiger partial charge in [-0.15, -0.1) is 0 Å². The summed E-state index contributed by atoms with van der Waals surface area (Å²) < 4.78 is 0. The van der Waals surface area contributed by atoms with Crippen LogP contribution in [-0.4, -0.2) is 45.4 Å². The molecule has 3 aromatic carbocycles. The highest BCUT2D eigenvalue weighted by atomic mass is 16.7. The first-order valence-electron chi connectivity index (χ1n) is 10.7. The van der Waals surface area contributed by atoms with Crippen molar-refractivity contribution >= 4 is 17.7 Å². The van der Waals surface area contributed by atoms with Crippen LogP contribution in [0.5, 0.6) is 0 Å². The average molecular weight is 444 g/mol. The number of aliphatic hydroxyl groups excluding tert-OH is 1. The first-order valence-corrected chi connectivity index (χ1v) is 10.7. The third kappa shape index (κ3) is 5.16. The molecule has 4 rings (SSSR count). The maximum absolute atomic E-state index is 13.0. The van der Waals surface area contributed by atoms with Gasteiger partial charge in [0.25, 0.3) is 17.7 Å². The fraction of sp³-hybridized carbons (Fsp3) is 0.192. The van der Waals surface area contributed by atoms with Gasteiger partial charge in [0.2, 0.25) is 0 Å². The molecule has 0 saturated carbocycles. The second-order valence-electron chi connectivity index (χ2n) is 7.73. The number of hydrogen-bond acceptors (Lipinski definition) is 5. The van der Waals surface area contributed by atoms with Crippen molar-refractivity contribution in [1.82, 2.24) is 9.96 Å². The van der Waals surface area contributed by atoms with Crippen LogP contribution in [0, 0.1) is 0 Å². The summed E-state index contributed by atoms with van der Waals surface area (Å²) in [7, 11) is 0. The summed E-state index contributed by atoms with van der Waals surface area (Å²) in [6, 6.07) is 25.3. The highest BCUT2D eigenvalue weighted by molar-refractivity contribution is 6.21. The van der Waals surface area contributed by atoms with E-state index in [4.69, 9.17) is 4.84 Å². The molecule has 3 aromatic rings. The van der Waals surface area contributed by atoms with Crippen molar-refractivity contribution in [3.63, 3.8) is 0 Å². The van der Waals surface area contributed by atoms with Gasteiger partial charge in [0.05, 0.1) is 17.7 Å². The van der Waals surface area contributed by atoms with Crippen LogP contribution in [0.3, 0.4) is 0 Å². The third-order valence-electron chi connectivity index (χ3n) is 5.43. The van der Waals surface area contributed by atoms with Gasteiger partial charge >= 0.3 is 0 Å². The van der Waals surface area contributed by atoms with Gasteiger partial charge in [0.15, 0.2) is 0 Å². The number of amides is 3. The monoisotopic (exact) mass is 444 g/mol. The van der Waals surface area contributed by atoms with Gasteiger partial charge in [-0.2, -0.15) is 0 Å². The molecule has 0 fully saturated rings. The lowest BCUT2D eigenvalue weighted by Crippen LogP contribution is -2.41. The molecule has 0 unspecified atom stereocenters. The summed E-state index contributed by atoms with van der Waals surface area (Å²) in [5.74, 6) is -1.47. The van der Waals surface area contributed by atoms with Crippen LogP contribution in [0.25, 0.3) is 0 Å². The van der Waals surface area contributed by atoms with Gasteiger partial charge in [0.1, 0.15) is 12.7 Å². The number of imide groups is 1. The highest BCUT2D eigenvalue weighted by Crippen LogP contribution is 2.23. The van der Waals surface area contributed by atoms with Gasteiger partial charge in [-0.3, -0.25) is 24.1 Å². The molecule has 1 atom stereocenters. The molecule has 0 radical (unpaired) electrons. The molecule has 1 aliphatic rings. The number of nitrogens with zero attached hydrogens (tertiary/aromatic N) is 2. The molecule has 0 bridgehead atoms. The molecule has 0 saturated heterocycles. The molecule has 7 heteroatoms. The van der Waals surface area contributed by atoms with Gasteiger partial charge in [-0.25, -0.2) is 5.06 Å². The van der Waals surface area contributed by atoms with E-state index < -0.39 is 23.8 Å². The summed E-state index contributed by atoms with van der Waals surface area (Å²) in [5.41, 5.74) is 2.38. The van der Waals surface area contributed by atoms with Crippen molar-refractivity contribution in [2.24, 2.45) is 0 Å². The molecular formula is C26H24N2O5. The number of benzene rings is 3. The minimum atomic E-state index is -1.44. The second kappa shape index (κ2) is 10.2. The van der Waals surface area contributed by atoms with E-state index in [1.807, 2.05) is 60.7 Å². The first kappa shape index (κ1) is 22.4. The average Bonchev–Trinajstić information content (AvgIpc) is 3.10. The quantitative estimate of drug-likeness (QED) is 0.405. The van der Waals surface area contributed by atoms with E-state index in [0.717, 1.165) is 21.1 Å². The minimum absolute atomic E-state index is 0.0723. The number of hydroxylamine groups is 2. The molecule has 33 heavy (non-hydrogen) atoms. The molecule has 7 nitrogen and oxygen atoms in total. The van der Waals surface area contributed by atoms with Crippen LogP contribution in [0.4, 0.5) is 0 Å². The van der Waals surface area contributed by atoms with E-state index in [-0.39, 0.29) is 26.1 Å². The van der Waals surface area contributed by atoms with Gasteiger partial charge in [-0.1, -0.05) is 72.8 Å². The summed E-state index contributed by atoms with van der Waals surface area (Å²) in [6.07, 6.45) is -1.53. The number of aliphatic hydroxyl groups is 1. The molecule has 3 amide bonds. The van der Waals surface area contributed by atoms with E-state index >= 15 is 0 Å². The molecule has 1 N–H and O–H groups in total. The normalized spacial score (nSPS) is 13.7. The number of carbonyl (C=O) groups is 3. The van der Waals surface area contributed by atoms with Gasteiger partial charge in [-0.05, 0) is 23.3 Å². The van der Waals surface area contributed by atoms with Crippen molar-refractivity contribution in [2.75, 3.05) is 6.54 Å². The molecule has 0 spiro atoms. The topological polar surface area (TPSA) is 87.2 Å². The Morgan fingerprint density at radius 3 is 1.91 bits per heavy atom. The predicted molar refractivity (Wildman–Crippen MR) is 121 cm³/mol. The van der Waals surface area contributed by atoms with Gasteiger partial charge < -0.3 is 5.11 Å². The number of hydrogen-bond donors (Lipinski definition) is 1. The standard InChI is InChI=1S/C26H24N2O5/c29-23(15-16-27-24(30)21-13-7-8-14-22(21)25(27)31)26(32)28(17-19-9-3-1-4-10-19)33-18-20-11-5-2-6-12-20/h1-14,23,29H,15-18H2/t23-/m0/s1. The highest BCUT2D eigenvalue weighted by Gasteiger charge is 2.36. The van der Waals surface area contributed by atoms with Crippen molar-refractivity contribution in [1.29, 1.82) is 0 Å². The number of carbonyl (C=O) groups excluding carboxylic acids is 3. The fourth-order valence-corrected chi connectivity index (χ4v) is 3.65. The third-order valence-corrected chi connectivity index (χ3v) is 5.43. The van der Waals surface area contributed by atoms with E-state index in [1.165, 1.54) is 0 Å². The van der Waals surface area contributed by atoms with E-state index in [0.29, 0.717) is 11.1 Å². The largest absolute Gasteiger partial charge is 0.383 e. The summed E-state index contributed by atoms with van der Waals surface area (Å²) in [4.78, 5) is 44.9. The first-order chi connectivity index (χ1) is 16.0. The predicted octanol–water partition coefficient (Wildman–Crippen LogP) is 3.19. The Morgan fingerprint density at radius 1 is 0.818 bits per heavy atom. The Labute approximate surface area is 191 Å². The van der Waals surface area contributed by atoms with Crippen LogP contribution in [-0.2, 0) is 22.8 Å². The van der Waals surface area contributed by atoms with Crippen LogP contribution >= 0.6 is 0 Å². The Morgan fingerprint density at radius 2 is 1.33 bits per heavy atom. The SMILES string of the molecule is O=C([C@@H](O)CCN1C(=O)c2ccccc2C1=O)N(Cc1ccccc1)OCc1ccccc1. The maximum Gasteiger partial charge on any atom is 0.275 e. The zero-order valence-electron chi connectivity index (χ0n) is 18.0. The van der Waals surface area contributed by atoms with Crippen molar-refractivity contribution in [3.05, 3.63) is 107 Å². The summed E-state index contributed by atoms with van der Waals surface area (Å²) >= 11 is 0. The van der Waals surface area contributed by atoms with E-state index in [2.05, 4.69) is 0 Å². The Bertz CT molecular complexity index is 1100. The molecule has 0 aromatic heterocycles. The van der Waals surface area contributed by atoms with Gasteiger partial charge in [0, 0.05) is 13.0 Å². The van der Waals surface area contributed by atoms with E-state index in [9.17, 15) is 19.5 Å². The second-order valence-corrected chi connectivity index (χ2v) is 7.73. The molecular weight excluding hydrogens is 420 g/mol. The Hall–Kier alpha value is -3.81. The van der Waals surface area contributed by atoms with Crippen LogP contribution in [0.2, 0.25) is 0 Å². The lowest BCUT2D eigenvalue weighted by atomic mass is 10.1. The van der Waals surface area contributed by atoms with Crippen LogP contribution < -0.4 is 0 Å². The van der Waals surface area contributed by atoms with Crippen molar-refractivity contribution < 1.29 is 24.3 Å². The lowest BCUT2D eigenvalue weighted by molar-refractivity contribution is -0.203. The zero-order valence-corrected chi connectivity index (χ0v) is 18.0. The minimum Gasteiger partial charge on any atom is -0.383 e.